The molecule has 1 aliphatic rings. The van der Waals surface area contributed by atoms with Crippen molar-refractivity contribution in [2.24, 2.45) is 0 Å². The zero-order valence-corrected chi connectivity index (χ0v) is 26.4. The molecule has 4 amide bonds. The molecule has 1 fully saturated rings. The summed E-state index contributed by atoms with van der Waals surface area (Å²) < 4.78 is 5.74. The molecule has 0 atom stereocenters. The summed E-state index contributed by atoms with van der Waals surface area (Å²) in [5, 5.41) is 19.1. The zero-order chi connectivity index (χ0) is 32.8. The number of piperidine rings is 1. The van der Waals surface area contributed by atoms with Crippen molar-refractivity contribution >= 4 is 29.4 Å². The number of rotatable bonds is 12. The second kappa shape index (κ2) is 16.9. The zero-order valence-electron chi connectivity index (χ0n) is 26.4. The Labute approximate surface area is 275 Å². The topological polar surface area (TPSA) is 114 Å². The van der Waals surface area contributed by atoms with E-state index in [2.05, 4.69) is 10.6 Å². The van der Waals surface area contributed by atoms with Crippen molar-refractivity contribution in [3.8, 4) is 16.9 Å². The van der Waals surface area contributed by atoms with Gasteiger partial charge in [-0.1, -0.05) is 85.3 Å². The van der Waals surface area contributed by atoms with Gasteiger partial charge in [0.2, 0.25) is 5.91 Å². The second-order valence-corrected chi connectivity index (χ2v) is 11.2. The van der Waals surface area contributed by atoms with E-state index in [1.54, 1.807) is 41.4 Å². The number of nitrogens with zero attached hydrogens (tertiary/aromatic N) is 3. The third-order valence-electron chi connectivity index (χ3n) is 7.86. The lowest BCUT2D eigenvalue weighted by molar-refractivity contribution is -0.118. The Kier molecular flexibility index (Phi) is 12.0. The molecule has 244 valence electrons. The van der Waals surface area contributed by atoms with Gasteiger partial charge in [-0.3, -0.25) is 4.79 Å². The number of amides is 4. The number of carbonyl (C=O) groups is 3. The number of urea groups is 1. The lowest BCUT2D eigenvalue weighted by atomic mass is 10.0. The Morgan fingerprint density at radius 2 is 1.43 bits per heavy atom. The Hall–Kier alpha value is -5.19. The first-order chi connectivity index (χ1) is 23.0. The van der Waals surface area contributed by atoms with Crippen LogP contribution in [0.4, 0.5) is 21.0 Å². The molecule has 0 radical (unpaired) electrons. The van der Waals surface area contributed by atoms with Crippen LogP contribution in [0, 0.1) is 0 Å². The van der Waals surface area contributed by atoms with Crippen LogP contribution in [0.1, 0.15) is 31.2 Å². The number of hydrogen-bond donors (Lipinski definition) is 3. The molecular weight excluding hydrogens is 594 g/mol. The fourth-order valence-electron chi connectivity index (χ4n) is 5.50. The summed E-state index contributed by atoms with van der Waals surface area (Å²) in [4.78, 5) is 41.5. The molecule has 0 bridgehead atoms. The van der Waals surface area contributed by atoms with Crippen molar-refractivity contribution in [1.82, 2.24) is 15.6 Å². The van der Waals surface area contributed by atoms with Crippen molar-refractivity contribution in [2.45, 2.75) is 32.2 Å². The van der Waals surface area contributed by atoms with Crippen LogP contribution in [0.5, 0.6) is 5.75 Å². The molecule has 1 saturated heterocycles. The molecular formula is C37H41N5O5. The molecule has 0 aromatic heterocycles. The summed E-state index contributed by atoms with van der Waals surface area (Å²) in [6, 6.07) is 32.6. The van der Waals surface area contributed by atoms with Gasteiger partial charge in [-0.05, 0) is 54.3 Å². The fraction of sp³-hybridized carbons (Fsp3) is 0.270. The number of phenolic OH excluding ortho intramolecular Hbond substituents is 1. The van der Waals surface area contributed by atoms with Crippen LogP contribution in [-0.4, -0.2) is 60.9 Å². The second-order valence-electron chi connectivity index (χ2n) is 11.2. The maximum Gasteiger partial charge on any atom is 0.429 e. The van der Waals surface area contributed by atoms with Crippen LogP contribution >= 0.6 is 0 Å². The third kappa shape index (κ3) is 9.18. The highest BCUT2D eigenvalue weighted by molar-refractivity contribution is 6.14. The highest BCUT2D eigenvalue weighted by Crippen LogP contribution is 2.33. The van der Waals surface area contributed by atoms with Gasteiger partial charge < -0.3 is 20.5 Å². The first-order valence-electron chi connectivity index (χ1n) is 16.0. The Morgan fingerprint density at radius 1 is 0.766 bits per heavy atom. The van der Waals surface area contributed by atoms with E-state index in [4.69, 9.17) is 4.74 Å². The minimum absolute atomic E-state index is 0.179. The number of aromatic hydroxyl groups is 1. The average Bonchev–Trinajstić information content (AvgIpc) is 3.11. The monoisotopic (exact) mass is 635 g/mol. The quantitative estimate of drug-likeness (QED) is 0.156. The van der Waals surface area contributed by atoms with Crippen LogP contribution in [0.2, 0.25) is 0 Å². The molecule has 0 spiro atoms. The smallest absolute Gasteiger partial charge is 0.429 e. The highest BCUT2D eigenvalue weighted by atomic mass is 16.6. The van der Waals surface area contributed by atoms with Crippen LogP contribution < -0.4 is 20.5 Å². The number of benzene rings is 4. The summed E-state index contributed by atoms with van der Waals surface area (Å²) >= 11 is 0. The summed E-state index contributed by atoms with van der Waals surface area (Å²) in [5.41, 5.74) is 4.00. The summed E-state index contributed by atoms with van der Waals surface area (Å²) in [6.07, 6.45) is 2.27. The largest absolute Gasteiger partial charge is 0.508 e. The van der Waals surface area contributed by atoms with Gasteiger partial charge in [0, 0.05) is 38.3 Å². The van der Waals surface area contributed by atoms with Crippen LogP contribution in [-0.2, 0) is 16.1 Å². The standard InChI is InChI=1S/C37H41N5O5/c43-32-20-18-29(19-21-32)28-38-23-24-39-36(45)41(31-14-6-2-7-15-31)35(44)22-27-47-37(46)42(40-25-10-3-11-26-40)34-17-9-8-16-33(34)30-12-4-1-5-13-30/h1-2,4-9,12-21,38,43H,3,10-11,22-28H2,(H,39,45). The summed E-state index contributed by atoms with van der Waals surface area (Å²) in [7, 11) is 0. The van der Waals surface area contributed by atoms with Crippen LogP contribution in [0.15, 0.2) is 109 Å². The highest BCUT2D eigenvalue weighted by Gasteiger charge is 2.29. The number of hydrazine groups is 1. The summed E-state index contributed by atoms with van der Waals surface area (Å²) in [5.74, 6) is -0.290. The first kappa shape index (κ1) is 33.2. The number of hydrogen-bond acceptors (Lipinski definition) is 7. The Balaban J connectivity index is 1.22. The molecule has 1 heterocycles. The van der Waals surface area contributed by atoms with Gasteiger partial charge in [0.25, 0.3) is 0 Å². The van der Waals surface area contributed by atoms with Gasteiger partial charge in [-0.2, -0.15) is 0 Å². The van der Waals surface area contributed by atoms with E-state index < -0.39 is 18.0 Å². The maximum atomic E-state index is 13.7. The van der Waals surface area contributed by atoms with Crippen molar-refractivity contribution < 1.29 is 24.2 Å². The molecule has 1 aliphatic heterocycles. The number of para-hydroxylation sites is 2. The van der Waals surface area contributed by atoms with Crippen molar-refractivity contribution in [2.75, 3.05) is 42.7 Å². The molecule has 5 rings (SSSR count). The van der Waals surface area contributed by atoms with Crippen molar-refractivity contribution in [3.63, 3.8) is 0 Å². The number of nitrogens with one attached hydrogen (secondary N) is 2. The van der Waals surface area contributed by atoms with E-state index in [0.29, 0.717) is 37.6 Å². The predicted octanol–water partition coefficient (Wildman–Crippen LogP) is 6.33. The van der Waals surface area contributed by atoms with Crippen molar-refractivity contribution in [3.05, 3.63) is 115 Å². The van der Waals surface area contributed by atoms with E-state index >= 15 is 0 Å². The third-order valence-corrected chi connectivity index (χ3v) is 7.86. The molecule has 4 aromatic carbocycles. The number of phenols is 1. The Bertz CT molecular complexity index is 1590. The van der Waals surface area contributed by atoms with E-state index in [1.807, 2.05) is 77.8 Å². The van der Waals surface area contributed by atoms with Gasteiger partial charge in [0.1, 0.15) is 12.4 Å². The van der Waals surface area contributed by atoms with Gasteiger partial charge >= 0.3 is 12.1 Å². The van der Waals surface area contributed by atoms with Gasteiger partial charge in [-0.25, -0.2) is 24.5 Å². The van der Waals surface area contributed by atoms with Gasteiger partial charge in [-0.15, -0.1) is 0 Å². The van der Waals surface area contributed by atoms with Crippen LogP contribution in [0.3, 0.4) is 0 Å². The number of anilines is 2. The minimum Gasteiger partial charge on any atom is -0.508 e. The van der Waals surface area contributed by atoms with E-state index in [9.17, 15) is 19.5 Å². The van der Waals surface area contributed by atoms with Crippen LogP contribution in [0.25, 0.3) is 11.1 Å². The van der Waals surface area contributed by atoms with E-state index in [0.717, 1.165) is 40.9 Å². The van der Waals surface area contributed by atoms with Crippen molar-refractivity contribution in [1.29, 1.82) is 0 Å². The van der Waals surface area contributed by atoms with Gasteiger partial charge in [0.15, 0.2) is 0 Å². The number of imide groups is 1. The number of carbonyl (C=O) groups excluding carboxylic acids is 3. The lowest BCUT2D eigenvalue weighted by Crippen LogP contribution is -2.50. The normalized spacial score (nSPS) is 13.0. The maximum absolute atomic E-state index is 13.7. The minimum atomic E-state index is -0.571. The average molecular weight is 636 g/mol. The molecule has 47 heavy (non-hydrogen) atoms. The molecule has 3 N–H and O–H groups in total. The first-order valence-corrected chi connectivity index (χ1v) is 16.0. The number of ether oxygens (including phenoxy) is 1. The van der Waals surface area contributed by atoms with E-state index in [-0.39, 0.29) is 25.3 Å². The SMILES string of the molecule is O=C(CCOC(=O)N(c1ccccc1-c1ccccc1)N1CCCCC1)N(C(=O)NCCNCc1ccc(O)cc1)c1ccccc1. The molecule has 10 nitrogen and oxygen atoms in total. The summed E-state index contributed by atoms with van der Waals surface area (Å²) in [6.45, 7) is 2.55. The molecule has 4 aromatic rings. The molecule has 0 aliphatic carbocycles. The fourth-order valence-corrected chi connectivity index (χ4v) is 5.50. The molecule has 10 heteroatoms. The molecule has 0 unspecified atom stereocenters. The Morgan fingerprint density at radius 3 is 2.15 bits per heavy atom. The lowest BCUT2D eigenvalue weighted by Gasteiger charge is -2.37. The molecule has 0 saturated carbocycles. The van der Waals surface area contributed by atoms with Gasteiger partial charge in [0.05, 0.1) is 17.8 Å². The van der Waals surface area contributed by atoms with E-state index in [1.165, 1.54) is 0 Å². The predicted molar refractivity (Wildman–Crippen MR) is 183 cm³/mol.